The van der Waals surface area contributed by atoms with Crippen LogP contribution in [-0.4, -0.2) is 75.8 Å². The highest BCUT2D eigenvalue weighted by Crippen LogP contribution is 2.38. The van der Waals surface area contributed by atoms with Crippen LogP contribution in [0.1, 0.15) is 213 Å². The van der Waals surface area contributed by atoms with E-state index in [2.05, 4.69) is 19.9 Å². The van der Waals surface area contributed by atoms with Crippen molar-refractivity contribution in [2.45, 2.75) is 219 Å². The Balaban J connectivity index is 4.32. The number of likely N-dealkylation sites (N-methyl/N-ethyl adjacent to an activating group) is 1. The molecular weight excluding hydrogens is 765 g/mol. The number of carbonyl (C=O) groups excluding carboxylic acids is 3. The van der Waals surface area contributed by atoms with Gasteiger partial charge in [0.1, 0.15) is 19.8 Å². The third-order valence-electron chi connectivity index (χ3n) is 10.5. The topological polar surface area (TPSA) is 128 Å². The van der Waals surface area contributed by atoms with E-state index >= 15 is 0 Å². The summed E-state index contributed by atoms with van der Waals surface area (Å²) in [6.07, 6.45) is 40.4. The van der Waals surface area contributed by atoms with Gasteiger partial charge >= 0.3 is 11.9 Å². The fraction of sp³-hybridized carbons (Fsp3) is 0.854. The van der Waals surface area contributed by atoms with Gasteiger partial charge in [0.2, 0.25) is 0 Å². The molecule has 2 atom stereocenters. The first-order valence-corrected chi connectivity index (χ1v) is 25.5. The van der Waals surface area contributed by atoms with Gasteiger partial charge in [0.15, 0.2) is 11.9 Å². The highest BCUT2D eigenvalue weighted by Gasteiger charge is 2.21. The second-order valence-corrected chi connectivity index (χ2v) is 18.9. The molecule has 0 rings (SSSR count). The van der Waals surface area contributed by atoms with Crippen LogP contribution >= 0.6 is 7.82 Å². The summed E-state index contributed by atoms with van der Waals surface area (Å²) in [6, 6.07) is 0. The Morgan fingerprint density at radius 1 is 0.559 bits per heavy atom. The lowest BCUT2D eigenvalue weighted by molar-refractivity contribution is -0.870. The third-order valence-corrected chi connectivity index (χ3v) is 11.4. The smallest absolute Gasteiger partial charge is 0.306 e. The predicted octanol–water partition coefficient (Wildman–Crippen LogP) is 12.5. The van der Waals surface area contributed by atoms with Crippen LogP contribution in [0, 0.1) is 0 Å². The third kappa shape index (κ3) is 44.0. The first-order chi connectivity index (χ1) is 28.4. The Bertz CT molecular complexity index is 1120. The predicted molar refractivity (Wildman–Crippen MR) is 241 cm³/mol. The van der Waals surface area contributed by atoms with Gasteiger partial charge in [-0.2, -0.15) is 0 Å². The van der Waals surface area contributed by atoms with Gasteiger partial charge in [-0.05, 0) is 38.2 Å². The van der Waals surface area contributed by atoms with Crippen molar-refractivity contribution in [1.29, 1.82) is 0 Å². The minimum absolute atomic E-state index is 0.0449. The van der Waals surface area contributed by atoms with E-state index < -0.39 is 32.5 Å². The number of phosphoric acid groups is 1. The standard InChI is InChI=1S/C48H90NO9P/c1-6-8-10-11-12-13-14-15-16-17-18-19-20-21-22-25-28-31-35-39-47(51)55-43-46(44-57-59(53,54)56-42-41-49(3,4)5)58-48(52)40-36-32-29-26-23-24-27-30-34-38-45(50)37-33-9-7-2/h27,30,34,38,46H,6-26,28-29,31-33,35-37,39-44H2,1-5H3/b30-27-,38-34+/t46-/m1/s1. The molecule has 0 aliphatic rings. The highest BCUT2D eigenvalue weighted by molar-refractivity contribution is 7.45. The van der Waals surface area contributed by atoms with E-state index in [1.54, 1.807) is 6.08 Å². The van der Waals surface area contributed by atoms with Gasteiger partial charge in [-0.1, -0.05) is 180 Å². The zero-order valence-corrected chi connectivity index (χ0v) is 39.6. The van der Waals surface area contributed by atoms with Crippen molar-refractivity contribution in [2.24, 2.45) is 0 Å². The van der Waals surface area contributed by atoms with E-state index in [1.807, 2.05) is 33.3 Å². The van der Waals surface area contributed by atoms with E-state index in [0.717, 1.165) is 70.6 Å². The molecule has 0 N–H and O–H groups in total. The summed E-state index contributed by atoms with van der Waals surface area (Å²) in [5.41, 5.74) is 0. The number of ether oxygens (including phenoxy) is 2. The normalized spacial score (nSPS) is 13.6. The number of rotatable bonds is 44. The average molecular weight is 856 g/mol. The Labute approximate surface area is 362 Å². The molecule has 11 heteroatoms. The van der Waals surface area contributed by atoms with Crippen LogP contribution in [0.25, 0.3) is 0 Å². The maximum Gasteiger partial charge on any atom is 0.306 e. The number of unbranched alkanes of at least 4 members (excludes halogenated alkanes) is 25. The number of phosphoric ester groups is 1. The van der Waals surface area contributed by atoms with Crippen molar-refractivity contribution >= 4 is 25.5 Å². The van der Waals surface area contributed by atoms with Crippen LogP contribution in [0.15, 0.2) is 24.3 Å². The maximum absolute atomic E-state index is 12.7. The number of hydrogen-bond donors (Lipinski definition) is 0. The molecule has 0 amide bonds. The lowest BCUT2D eigenvalue weighted by Crippen LogP contribution is -2.37. The molecule has 0 saturated heterocycles. The van der Waals surface area contributed by atoms with Gasteiger partial charge in [-0.15, -0.1) is 0 Å². The molecule has 0 bridgehead atoms. The van der Waals surface area contributed by atoms with E-state index in [9.17, 15) is 23.8 Å². The molecule has 346 valence electrons. The molecule has 0 aromatic carbocycles. The van der Waals surface area contributed by atoms with Gasteiger partial charge in [0.25, 0.3) is 7.82 Å². The molecule has 10 nitrogen and oxygen atoms in total. The van der Waals surface area contributed by atoms with Crippen LogP contribution in [0.2, 0.25) is 0 Å². The molecule has 0 aromatic heterocycles. The quantitative estimate of drug-likeness (QED) is 0.0147. The largest absolute Gasteiger partial charge is 0.756 e. The zero-order valence-electron chi connectivity index (χ0n) is 38.7. The summed E-state index contributed by atoms with van der Waals surface area (Å²) >= 11 is 0. The minimum atomic E-state index is -4.64. The lowest BCUT2D eigenvalue weighted by Gasteiger charge is -2.28. The number of quaternary nitrogens is 1. The Morgan fingerprint density at radius 3 is 1.51 bits per heavy atom. The molecule has 0 aliphatic heterocycles. The molecule has 0 spiro atoms. The van der Waals surface area contributed by atoms with Gasteiger partial charge in [-0.25, -0.2) is 0 Å². The van der Waals surface area contributed by atoms with Crippen molar-refractivity contribution in [3.63, 3.8) is 0 Å². The molecular formula is C48H90NO9P. The second-order valence-electron chi connectivity index (χ2n) is 17.5. The monoisotopic (exact) mass is 856 g/mol. The minimum Gasteiger partial charge on any atom is -0.756 e. The van der Waals surface area contributed by atoms with Crippen LogP contribution < -0.4 is 4.89 Å². The summed E-state index contributed by atoms with van der Waals surface area (Å²) in [5.74, 6) is -0.712. The lowest BCUT2D eigenvalue weighted by atomic mass is 10.0. The Kier molecular flexibility index (Phi) is 39.0. The van der Waals surface area contributed by atoms with Crippen molar-refractivity contribution in [2.75, 3.05) is 47.5 Å². The molecule has 59 heavy (non-hydrogen) atoms. The van der Waals surface area contributed by atoms with Gasteiger partial charge in [-0.3, -0.25) is 18.9 Å². The summed E-state index contributed by atoms with van der Waals surface area (Å²) in [5, 5.41) is 0. The van der Waals surface area contributed by atoms with Crippen molar-refractivity contribution < 1.29 is 46.8 Å². The molecule has 0 aliphatic carbocycles. The fourth-order valence-electron chi connectivity index (χ4n) is 6.64. The van der Waals surface area contributed by atoms with Gasteiger partial charge in [0, 0.05) is 19.3 Å². The molecule has 0 heterocycles. The van der Waals surface area contributed by atoms with E-state index in [1.165, 1.54) is 103 Å². The number of esters is 2. The van der Waals surface area contributed by atoms with E-state index in [-0.39, 0.29) is 31.8 Å². The van der Waals surface area contributed by atoms with Crippen molar-refractivity contribution in [1.82, 2.24) is 0 Å². The molecule has 0 fully saturated rings. The SMILES string of the molecule is CCCCCCCCCCCCCCCCCCCCCC(=O)OC[C@H](COP(=O)([O-])OCC[N+](C)(C)C)OC(=O)CCCCCCC/C=C\C=C\C(=O)CCCCC. The number of allylic oxidation sites excluding steroid dienone is 4. The summed E-state index contributed by atoms with van der Waals surface area (Å²) in [6.45, 7) is 4.04. The fourth-order valence-corrected chi connectivity index (χ4v) is 7.37. The van der Waals surface area contributed by atoms with Crippen LogP contribution in [0.5, 0.6) is 0 Å². The molecule has 0 aromatic rings. The first kappa shape index (κ1) is 57.2. The number of hydrogen-bond acceptors (Lipinski definition) is 9. The van der Waals surface area contributed by atoms with Crippen LogP contribution in [0.4, 0.5) is 0 Å². The van der Waals surface area contributed by atoms with Crippen molar-refractivity contribution in [3.8, 4) is 0 Å². The number of nitrogens with zero attached hydrogens (tertiary/aromatic N) is 1. The molecule has 1 unspecified atom stereocenters. The summed E-state index contributed by atoms with van der Waals surface area (Å²) < 4.78 is 33.9. The van der Waals surface area contributed by atoms with Crippen molar-refractivity contribution in [3.05, 3.63) is 24.3 Å². The number of carbonyl (C=O) groups is 3. The van der Waals surface area contributed by atoms with Crippen LogP contribution in [-0.2, 0) is 37.5 Å². The van der Waals surface area contributed by atoms with Gasteiger partial charge in [0.05, 0.1) is 27.7 Å². The number of ketones is 1. The van der Waals surface area contributed by atoms with E-state index in [0.29, 0.717) is 23.9 Å². The van der Waals surface area contributed by atoms with Crippen LogP contribution in [0.3, 0.4) is 0 Å². The molecule has 0 saturated carbocycles. The second kappa shape index (κ2) is 40.2. The molecule has 0 radical (unpaired) electrons. The summed E-state index contributed by atoms with van der Waals surface area (Å²) in [4.78, 5) is 49.4. The maximum atomic E-state index is 12.7. The Hall–Kier alpha value is -1.84. The van der Waals surface area contributed by atoms with E-state index in [4.69, 9.17) is 18.5 Å². The summed E-state index contributed by atoms with van der Waals surface area (Å²) in [7, 11) is 1.12. The highest BCUT2D eigenvalue weighted by atomic mass is 31.2. The first-order valence-electron chi connectivity index (χ1n) is 24.0. The average Bonchev–Trinajstić information content (AvgIpc) is 3.18. The zero-order chi connectivity index (χ0) is 43.7. The Morgan fingerprint density at radius 2 is 1.00 bits per heavy atom. The van der Waals surface area contributed by atoms with Gasteiger partial charge < -0.3 is 27.9 Å².